The van der Waals surface area contributed by atoms with Gasteiger partial charge in [-0.3, -0.25) is 0 Å². The molecule has 2 atom stereocenters. The van der Waals surface area contributed by atoms with Gasteiger partial charge in [-0.15, -0.1) is 0 Å². The Kier molecular flexibility index (Phi) is 5.30. The largest absolute Gasteiger partial charge is 0.314 e. The first-order valence-electron chi connectivity index (χ1n) is 7.67. The fourth-order valence-electron chi connectivity index (χ4n) is 3.46. The number of hydrogen-bond acceptors (Lipinski definition) is 2. The fraction of sp³-hybridized carbons (Fsp3) is 1.00. The van der Waals surface area contributed by atoms with E-state index in [-0.39, 0.29) is 0 Å². The van der Waals surface area contributed by atoms with Crippen LogP contribution in [-0.4, -0.2) is 37.6 Å². The third kappa shape index (κ3) is 4.26. The van der Waals surface area contributed by atoms with Gasteiger partial charge in [0.05, 0.1) is 0 Å². The summed E-state index contributed by atoms with van der Waals surface area (Å²) in [7, 11) is 2.30. The van der Waals surface area contributed by atoms with Crippen molar-refractivity contribution in [3.63, 3.8) is 0 Å². The lowest BCUT2D eigenvalue weighted by atomic mass is 9.93. The lowest BCUT2D eigenvalue weighted by molar-refractivity contribution is 0.200. The van der Waals surface area contributed by atoms with Crippen LogP contribution in [0.5, 0.6) is 0 Å². The van der Waals surface area contributed by atoms with Gasteiger partial charge in [0, 0.05) is 12.6 Å². The summed E-state index contributed by atoms with van der Waals surface area (Å²) in [5, 5.41) is 3.52. The second-order valence-corrected chi connectivity index (χ2v) is 6.38. The molecule has 100 valence electrons. The van der Waals surface area contributed by atoms with E-state index < -0.39 is 0 Å². The molecule has 1 aliphatic heterocycles. The average molecular weight is 238 g/mol. The molecule has 0 amide bonds. The van der Waals surface area contributed by atoms with E-state index in [1.54, 1.807) is 0 Å². The monoisotopic (exact) mass is 238 g/mol. The smallest absolute Gasteiger partial charge is 0.0117 e. The highest BCUT2D eigenvalue weighted by Gasteiger charge is 2.23. The Hall–Kier alpha value is -0.0800. The Morgan fingerprint density at radius 1 is 1.24 bits per heavy atom. The van der Waals surface area contributed by atoms with E-state index in [1.807, 2.05) is 0 Å². The Bertz CT molecular complexity index is 207. The second-order valence-electron chi connectivity index (χ2n) is 6.38. The Labute approximate surface area is 107 Å². The number of nitrogens with one attached hydrogen (secondary N) is 1. The van der Waals surface area contributed by atoms with Gasteiger partial charge < -0.3 is 10.2 Å². The minimum Gasteiger partial charge on any atom is -0.314 e. The zero-order chi connectivity index (χ0) is 12.1. The molecule has 2 fully saturated rings. The molecule has 0 aromatic heterocycles. The highest BCUT2D eigenvalue weighted by molar-refractivity contribution is 4.83. The van der Waals surface area contributed by atoms with Crippen LogP contribution >= 0.6 is 0 Å². The Morgan fingerprint density at radius 2 is 1.94 bits per heavy atom. The third-order valence-corrected chi connectivity index (χ3v) is 4.78. The third-order valence-electron chi connectivity index (χ3n) is 4.78. The van der Waals surface area contributed by atoms with Crippen LogP contribution in [0.1, 0.15) is 51.9 Å². The predicted molar refractivity (Wildman–Crippen MR) is 74.3 cm³/mol. The molecule has 1 N–H and O–H groups in total. The minimum absolute atomic E-state index is 0.798. The van der Waals surface area contributed by atoms with Gasteiger partial charge in [0.15, 0.2) is 0 Å². The first kappa shape index (κ1) is 13.4. The lowest BCUT2D eigenvalue weighted by Gasteiger charge is -2.35. The van der Waals surface area contributed by atoms with Crippen molar-refractivity contribution < 1.29 is 0 Å². The zero-order valence-electron chi connectivity index (χ0n) is 11.8. The van der Waals surface area contributed by atoms with Gasteiger partial charge in [-0.1, -0.05) is 32.6 Å². The number of hydrogen-bond donors (Lipinski definition) is 1. The topological polar surface area (TPSA) is 15.3 Å². The van der Waals surface area contributed by atoms with E-state index in [0.717, 1.165) is 17.9 Å². The molecule has 1 saturated heterocycles. The van der Waals surface area contributed by atoms with Crippen LogP contribution in [0.15, 0.2) is 0 Å². The first-order chi connectivity index (χ1) is 8.25. The van der Waals surface area contributed by atoms with Gasteiger partial charge >= 0.3 is 0 Å². The normalized spacial score (nSPS) is 27.4. The van der Waals surface area contributed by atoms with E-state index in [2.05, 4.69) is 24.2 Å². The maximum atomic E-state index is 3.52. The van der Waals surface area contributed by atoms with E-state index in [4.69, 9.17) is 0 Å². The van der Waals surface area contributed by atoms with E-state index in [0.29, 0.717) is 0 Å². The maximum Gasteiger partial charge on any atom is 0.0117 e. The summed E-state index contributed by atoms with van der Waals surface area (Å²) in [6, 6.07) is 0.798. The van der Waals surface area contributed by atoms with Crippen molar-refractivity contribution in [2.75, 3.05) is 26.7 Å². The molecule has 2 heteroatoms. The van der Waals surface area contributed by atoms with Gasteiger partial charge in [-0.25, -0.2) is 0 Å². The molecule has 2 rings (SSSR count). The van der Waals surface area contributed by atoms with Crippen molar-refractivity contribution in [3.8, 4) is 0 Å². The summed E-state index contributed by atoms with van der Waals surface area (Å²) >= 11 is 0. The van der Waals surface area contributed by atoms with E-state index in [9.17, 15) is 0 Å². The van der Waals surface area contributed by atoms with Gasteiger partial charge in [0.25, 0.3) is 0 Å². The van der Waals surface area contributed by atoms with Crippen LogP contribution in [-0.2, 0) is 0 Å². The quantitative estimate of drug-likeness (QED) is 0.733. The molecule has 0 spiro atoms. The molecule has 1 heterocycles. The van der Waals surface area contributed by atoms with Gasteiger partial charge in [-0.05, 0) is 51.2 Å². The van der Waals surface area contributed by atoms with Crippen LogP contribution in [0.2, 0.25) is 0 Å². The molecular formula is C15H30N2. The molecular weight excluding hydrogens is 208 g/mol. The summed E-state index contributed by atoms with van der Waals surface area (Å²) in [5.74, 6) is 1.88. The lowest BCUT2D eigenvalue weighted by Crippen LogP contribution is -2.49. The average Bonchev–Trinajstić information content (AvgIpc) is 2.67. The highest BCUT2D eigenvalue weighted by atomic mass is 15.1. The molecule has 1 saturated carbocycles. The molecule has 2 nitrogen and oxygen atoms in total. The van der Waals surface area contributed by atoms with E-state index >= 15 is 0 Å². The number of rotatable bonds is 7. The van der Waals surface area contributed by atoms with Crippen molar-refractivity contribution in [2.45, 2.75) is 57.9 Å². The molecule has 0 aromatic carbocycles. The van der Waals surface area contributed by atoms with E-state index in [1.165, 1.54) is 64.6 Å². The molecule has 2 unspecified atom stereocenters. The fourth-order valence-corrected chi connectivity index (χ4v) is 3.46. The molecule has 0 radical (unpaired) electrons. The summed E-state index contributed by atoms with van der Waals surface area (Å²) in [5.41, 5.74) is 0. The first-order valence-corrected chi connectivity index (χ1v) is 7.67. The Balaban J connectivity index is 1.52. The molecule has 0 aromatic rings. The van der Waals surface area contributed by atoms with Crippen molar-refractivity contribution in [3.05, 3.63) is 0 Å². The molecule has 0 bridgehead atoms. The molecule has 2 aliphatic rings. The van der Waals surface area contributed by atoms with Crippen LogP contribution in [0.4, 0.5) is 0 Å². The van der Waals surface area contributed by atoms with Crippen molar-refractivity contribution in [1.29, 1.82) is 0 Å². The summed E-state index contributed by atoms with van der Waals surface area (Å²) in [6.45, 7) is 6.20. The predicted octanol–water partition coefficient (Wildman–Crippen LogP) is 2.89. The van der Waals surface area contributed by atoms with Crippen LogP contribution in [0, 0.1) is 11.8 Å². The highest BCUT2D eigenvalue weighted by Crippen LogP contribution is 2.28. The maximum absolute atomic E-state index is 3.52. The Morgan fingerprint density at radius 3 is 2.53 bits per heavy atom. The minimum atomic E-state index is 0.798. The summed E-state index contributed by atoms with van der Waals surface area (Å²) < 4.78 is 0. The van der Waals surface area contributed by atoms with Crippen LogP contribution < -0.4 is 5.32 Å². The van der Waals surface area contributed by atoms with Crippen molar-refractivity contribution >= 4 is 0 Å². The van der Waals surface area contributed by atoms with Crippen molar-refractivity contribution in [2.24, 2.45) is 11.8 Å². The van der Waals surface area contributed by atoms with Gasteiger partial charge in [0.2, 0.25) is 0 Å². The zero-order valence-corrected chi connectivity index (χ0v) is 11.8. The van der Waals surface area contributed by atoms with Gasteiger partial charge in [-0.2, -0.15) is 0 Å². The number of nitrogens with zero attached hydrogens (tertiary/aromatic N) is 1. The summed E-state index contributed by atoms with van der Waals surface area (Å²) in [4.78, 5) is 2.54. The van der Waals surface area contributed by atoms with Crippen LogP contribution in [0.3, 0.4) is 0 Å². The van der Waals surface area contributed by atoms with Crippen molar-refractivity contribution in [1.82, 2.24) is 10.2 Å². The SMILES string of the molecule is CC(CN(C)CCCC1CCCC1)C1CCN1. The second kappa shape index (κ2) is 6.75. The molecule has 1 aliphatic carbocycles. The molecule has 17 heavy (non-hydrogen) atoms. The summed E-state index contributed by atoms with van der Waals surface area (Å²) in [6.07, 6.45) is 10.3. The van der Waals surface area contributed by atoms with Gasteiger partial charge in [0.1, 0.15) is 0 Å². The standard InChI is InChI=1S/C15H30N2/c1-13(15-9-10-16-15)12-17(2)11-5-8-14-6-3-4-7-14/h13-16H,3-12H2,1-2H3. The van der Waals surface area contributed by atoms with Crippen LogP contribution in [0.25, 0.3) is 0 Å².